The molecule has 0 fully saturated rings. The highest BCUT2D eigenvalue weighted by Crippen LogP contribution is 2.30. The summed E-state index contributed by atoms with van der Waals surface area (Å²) in [5.41, 5.74) is 1.16. The quantitative estimate of drug-likeness (QED) is 0.615. The Bertz CT molecular complexity index is 822. The summed E-state index contributed by atoms with van der Waals surface area (Å²) in [5.74, 6) is 0.657. The summed E-state index contributed by atoms with van der Waals surface area (Å²) >= 11 is 7.36. The van der Waals surface area contributed by atoms with Gasteiger partial charge < -0.3 is 4.74 Å². The van der Waals surface area contributed by atoms with Gasteiger partial charge in [0.15, 0.2) is 0 Å². The molecular weight excluding hydrogens is 351 g/mol. The number of hydrogen-bond donors (Lipinski definition) is 0. The van der Waals surface area contributed by atoms with Crippen LogP contribution in [-0.2, 0) is 5.75 Å². The van der Waals surface area contributed by atoms with E-state index in [1.165, 1.54) is 17.8 Å². The van der Waals surface area contributed by atoms with Crippen LogP contribution in [0.5, 0.6) is 5.75 Å². The Kier molecular flexibility index (Phi) is 5.32. The summed E-state index contributed by atoms with van der Waals surface area (Å²) in [6, 6.07) is 12.1. The number of tetrazole rings is 1. The van der Waals surface area contributed by atoms with Crippen LogP contribution in [-0.4, -0.2) is 26.8 Å². The van der Waals surface area contributed by atoms with E-state index in [-0.39, 0.29) is 5.82 Å². The molecule has 0 spiro atoms. The van der Waals surface area contributed by atoms with Crippen LogP contribution < -0.4 is 4.74 Å². The highest BCUT2D eigenvalue weighted by Gasteiger charge is 2.15. The molecule has 1 aromatic heterocycles. The van der Waals surface area contributed by atoms with Crippen LogP contribution in [0.3, 0.4) is 0 Å². The van der Waals surface area contributed by atoms with E-state index in [0.29, 0.717) is 33.9 Å². The van der Waals surface area contributed by atoms with Gasteiger partial charge in [-0.2, -0.15) is 4.68 Å². The number of nitrogens with zero attached hydrogens (tertiary/aromatic N) is 4. The summed E-state index contributed by atoms with van der Waals surface area (Å²) in [5, 5.41) is 12.7. The van der Waals surface area contributed by atoms with Crippen LogP contribution in [0.2, 0.25) is 5.02 Å². The van der Waals surface area contributed by atoms with Gasteiger partial charge in [0.2, 0.25) is 5.16 Å². The van der Waals surface area contributed by atoms with Crippen molar-refractivity contribution in [2.75, 3.05) is 6.61 Å². The molecule has 24 heavy (non-hydrogen) atoms. The van der Waals surface area contributed by atoms with E-state index in [2.05, 4.69) is 15.5 Å². The molecule has 0 atom stereocenters. The monoisotopic (exact) mass is 364 g/mol. The summed E-state index contributed by atoms with van der Waals surface area (Å²) < 4.78 is 21.1. The Hall–Kier alpha value is -2.12. The van der Waals surface area contributed by atoms with Gasteiger partial charge in [-0.1, -0.05) is 41.6 Å². The molecule has 3 rings (SSSR count). The zero-order valence-electron chi connectivity index (χ0n) is 12.8. The maximum absolute atomic E-state index is 13.9. The lowest BCUT2D eigenvalue weighted by atomic mass is 10.2. The van der Waals surface area contributed by atoms with Crippen LogP contribution >= 0.6 is 23.4 Å². The fourth-order valence-corrected chi connectivity index (χ4v) is 3.36. The average molecular weight is 365 g/mol. The molecule has 0 amide bonds. The van der Waals surface area contributed by atoms with Crippen LogP contribution in [0, 0.1) is 5.82 Å². The fourth-order valence-electron chi connectivity index (χ4n) is 2.14. The Morgan fingerprint density at radius 1 is 1.21 bits per heavy atom. The van der Waals surface area contributed by atoms with Crippen molar-refractivity contribution >= 4 is 23.4 Å². The van der Waals surface area contributed by atoms with Gasteiger partial charge in [-0.15, -0.1) is 5.10 Å². The zero-order valence-corrected chi connectivity index (χ0v) is 14.4. The van der Waals surface area contributed by atoms with Crippen molar-refractivity contribution in [3.05, 3.63) is 58.9 Å². The molecule has 2 aromatic carbocycles. The molecular formula is C16H14ClFN4OS. The molecule has 124 valence electrons. The second-order valence-electron chi connectivity index (χ2n) is 4.76. The van der Waals surface area contributed by atoms with Crippen molar-refractivity contribution in [3.63, 3.8) is 0 Å². The van der Waals surface area contributed by atoms with Crippen LogP contribution in [0.1, 0.15) is 12.5 Å². The van der Waals surface area contributed by atoms with Crippen LogP contribution in [0.15, 0.2) is 47.6 Å². The van der Waals surface area contributed by atoms with Gasteiger partial charge in [0.1, 0.15) is 17.3 Å². The van der Waals surface area contributed by atoms with Gasteiger partial charge >= 0.3 is 0 Å². The molecule has 0 aliphatic carbocycles. The Morgan fingerprint density at radius 2 is 2.04 bits per heavy atom. The van der Waals surface area contributed by atoms with Crippen LogP contribution in [0.4, 0.5) is 4.39 Å². The molecule has 0 N–H and O–H groups in total. The Balaban J connectivity index is 1.87. The number of halogens is 2. The first-order valence-electron chi connectivity index (χ1n) is 7.27. The van der Waals surface area contributed by atoms with Crippen molar-refractivity contribution in [1.29, 1.82) is 0 Å². The third-order valence-corrected chi connectivity index (χ3v) is 4.54. The van der Waals surface area contributed by atoms with Crippen molar-refractivity contribution in [2.45, 2.75) is 17.8 Å². The molecule has 8 heteroatoms. The maximum Gasteiger partial charge on any atom is 0.214 e. The lowest BCUT2D eigenvalue weighted by Gasteiger charge is -2.10. The van der Waals surface area contributed by atoms with Gasteiger partial charge in [-0.3, -0.25) is 0 Å². The first kappa shape index (κ1) is 16.7. The van der Waals surface area contributed by atoms with E-state index in [0.717, 1.165) is 5.69 Å². The number of hydrogen-bond acceptors (Lipinski definition) is 5. The molecule has 0 bridgehead atoms. The minimum absolute atomic E-state index is 0.322. The third-order valence-electron chi connectivity index (χ3n) is 3.24. The first-order chi connectivity index (χ1) is 11.7. The number of rotatable bonds is 6. The van der Waals surface area contributed by atoms with Crippen molar-refractivity contribution < 1.29 is 9.13 Å². The van der Waals surface area contributed by atoms with Crippen molar-refractivity contribution in [1.82, 2.24) is 20.2 Å². The minimum Gasteiger partial charge on any atom is -0.492 e. The third kappa shape index (κ3) is 3.52. The molecule has 0 radical (unpaired) electrons. The van der Waals surface area contributed by atoms with E-state index in [1.54, 1.807) is 16.8 Å². The summed E-state index contributed by atoms with van der Waals surface area (Å²) in [6.45, 7) is 2.44. The Morgan fingerprint density at radius 3 is 2.83 bits per heavy atom. The van der Waals surface area contributed by atoms with E-state index in [1.807, 2.05) is 31.2 Å². The normalized spacial score (nSPS) is 10.8. The lowest BCUT2D eigenvalue weighted by Crippen LogP contribution is -2.03. The second-order valence-corrected chi connectivity index (χ2v) is 6.11. The SMILES string of the molecule is CCOc1ccccc1-n1nnnc1SCc1c(F)cccc1Cl. The first-order valence-corrected chi connectivity index (χ1v) is 8.63. The van der Waals surface area contributed by atoms with Gasteiger partial charge in [-0.25, -0.2) is 4.39 Å². The van der Waals surface area contributed by atoms with Gasteiger partial charge in [0.05, 0.1) is 6.61 Å². The van der Waals surface area contributed by atoms with E-state index < -0.39 is 0 Å². The number of thioether (sulfide) groups is 1. The number of ether oxygens (including phenoxy) is 1. The summed E-state index contributed by atoms with van der Waals surface area (Å²) in [4.78, 5) is 0. The molecule has 3 aromatic rings. The highest BCUT2D eigenvalue weighted by atomic mass is 35.5. The predicted octanol–water partition coefficient (Wildman–Crippen LogP) is 4.15. The Labute approximate surface area is 147 Å². The fraction of sp³-hybridized carbons (Fsp3) is 0.188. The van der Waals surface area contributed by atoms with Crippen molar-refractivity contribution in [3.8, 4) is 11.4 Å². The van der Waals surface area contributed by atoms with Gasteiger partial charge in [0, 0.05) is 16.3 Å². The highest BCUT2D eigenvalue weighted by molar-refractivity contribution is 7.98. The number of benzene rings is 2. The molecule has 0 saturated carbocycles. The van der Waals surface area contributed by atoms with Gasteiger partial charge in [-0.05, 0) is 41.6 Å². The zero-order chi connectivity index (χ0) is 16.9. The molecule has 1 heterocycles. The van der Waals surface area contributed by atoms with Crippen molar-refractivity contribution in [2.24, 2.45) is 0 Å². The summed E-state index contributed by atoms with van der Waals surface area (Å²) in [7, 11) is 0. The molecule has 0 aliphatic heterocycles. The molecule has 0 aliphatic rings. The smallest absolute Gasteiger partial charge is 0.214 e. The molecule has 5 nitrogen and oxygen atoms in total. The van der Waals surface area contributed by atoms with Crippen LogP contribution in [0.25, 0.3) is 5.69 Å². The second kappa shape index (κ2) is 7.63. The van der Waals surface area contributed by atoms with E-state index in [4.69, 9.17) is 16.3 Å². The maximum atomic E-state index is 13.9. The predicted molar refractivity (Wildman–Crippen MR) is 91.3 cm³/mol. The number of para-hydroxylation sites is 2. The topological polar surface area (TPSA) is 52.8 Å². The molecule has 0 unspecified atom stereocenters. The lowest BCUT2D eigenvalue weighted by molar-refractivity contribution is 0.337. The van der Waals surface area contributed by atoms with E-state index in [9.17, 15) is 4.39 Å². The van der Waals surface area contributed by atoms with E-state index >= 15 is 0 Å². The minimum atomic E-state index is -0.344. The standard InChI is InChI=1S/C16H14ClFN4OS/c1-2-23-15-9-4-3-8-14(15)22-16(19-20-21-22)24-10-11-12(17)6-5-7-13(11)18/h3-9H,2,10H2,1H3. The summed E-state index contributed by atoms with van der Waals surface area (Å²) in [6.07, 6.45) is 0. The number of aromatic nitrogens is 4. The molecule has 0 saturated heterocycles. The average Bonchev–Trinajstić information content (AvgIpc) is 3.03. The van der Waals surface area contributed by atoms with Gasteiger partial charge in [0.25, 0.3) is 0 Å². The largest absolute Gasteiger partial charge is 0.492 e.